The standard InChI is InChI=1S/C32H38N3O4/c1-36-28-14-13-24-25(12-8-5-4-6-9-16-33)31-26-21-29(37-2)30(39-19-11-7-10-17-34)20-23(26)15-18-35(31)22-27(24)32(28)38-3/h13-14,20-22H,4-12,15,18-19H2,1-3H3/q+1. The van der Waals surface area contributed by atoms with Crippen LogP contribution in [0.2, 0.25) is 0 Å². The van der Waals surface area contributed by atoms with Crippen molar-refractivity contribution in [2.45, 2.75) is 70.8 Å². The summed E-state index contributed by atoms with van der Waals surface area (Å²) in [6.07, 6.45) is 11.0. The predicted molar refractivity (Wildman–Crippen MR) is 150 cm³/mol. The van der Waals surface area contributed by atoms with Gasteiger partial charge in [0, 0.05) is 30.2 Å². The van der Waals surface area contributed by atoms with E-state index in [-0.39, 0.29) is 0 Å². The third-order valence-corrected chi connectivity index (χ3v) is 7.44. The zero-order valence-electron chi connectivity index (χ0n) is 23.3. The maximum Gasteiger partial charge on any atom is 0.216 e. The van der Waals surface area contributed by atoms with Gasteiger partial charge in [-0.25, -0.2) is 0 Å². The molecule has 0 unspecified atom stereocenters. The van der Waals surface area contributed by atoms with Crippen molar-refractivity contribution in [2.75, 3.05) is 27.9 Å². The summed E-state index contributed by atoms with van der Waals surface area (Å²) in [6.45, 7) is 1.41. The fourth-order valence-electron chi connectivity index (χ4n) is 5.50. The van der Waals surface area contributed by atoms with Crippen molar-refractivity contribution in [2.24, 2.45) is 0 Å². The van der Waals surface area contributed by atoms with Gasteiger partial charge < -0.3 is 18.9 Å². The average Bonchev–Trinajstić information content (AvgIpc) is 2.96. The Morgan fingerprint density at radius 1 is 0.795 bits per heavy atom. The zero-order chi connectivity index (χ0) is 27.6. The van der Waals surface area contributed by atoms with Crippen LogP contribution in [0.5, 0.6) is 23.0 Å². The molecule has 1 aromatic heterocycles. The predicted octanol–water partition coefficient (Wildman–Crippen LogP) is 6.47. The topological polar surface area (TPSA) is 88.4 Å². The summed E-state index contributed by atoms with van der Waals surface area (Å²) in [6, 6.07) is 12.8. The lowest BCUT2D eigenvalue weighted by Gasteiger charge is -2.22. The van der Waals surface area contributed by atoms with Crippen molar-refractivity contribution in [3.63, 3.8) is 0 Å². The molecule has 0 bridgehead atoms. The van der Waals surface area contributed by atoms with E-state index < -0.39 is 0 Å². The Balaban J connectivity index is 1.77. The number of unbranched alkanes of at least 4 members (excludes halogenated alkanes) is 6. The Kier molecular flexibility index (Phi) is 9.86. The highest BCUT2D eigenvalue weighted by atomic mass is 16.5. The quantitative estimate of drug-likeness (QED) is 0.176. The van der Waals surface area contributed by atoms with Crippen LogP contribution in [-0.2, 0) is 19.4 Å². The number of ether oxygens (including phenoxy) is 4. The Labute approximate surface area is 231 Å². The first-order valence-corrected chi connectivity index (χ1v) is 13.8. The van der Waals surface area contributed by atoms with Crippen LogP contribution in [0.3, 0.4) is 0 Å². The zero-order valence-corrected chi connectivity index (χ0v) is 23.3. The van der Waals surface area contributed by atoms with Crippen LogP contribution in [0, 0.1) is 22.7 Å². The molecule has 0 radical (unpaired) electrons. The minimum absolute atomic E-state index is 0.546. The van der Waals surface area contributed by atoms with Crippen molar-refractivity contribution in [1.82, 2.24) is 0 Å². The highest BCUT2D eigenvalue weighted by molar-refractivity contribution is 5.95. The SMILES string of the molecule is COc1cc2c(cc1OCCCCC#N)CC[n+]1cc3c(OC)c(OC)ccc3c(CCCCCCC#N)c1-2. The van der Waals surface area contributed by atoms with Gasteiger partial charge in [-0.15, -0.1) is 0 Å². The minimum atomic E-state index is 0.546. The van der Waals surface area contributed by atoms with Gasteiger partial charge in [-0.1, -0.05) is 12.8 Å². The van der Waals surface area contributed by atoms with E-state index in [2.05, 4.69) is 41.1 Å². The molecule has 1 aliphatic heterocycles. The molecule has 3 aromatic rings. The molecule has 39 heavy (non-hydrogen) atoms. The second kappa shape index (κ2) is 13.7. The number of aromatic nitrogens is 1. The summed E-state index contributed by atoms with van der Waals surface area (Å²) in [5.74, 6) is 2.96. The number of rotatable bonds is 14. The molecule has 0 spiro atoms. The van der Waals surface area contributed by atoms with Crippen molar-refractivity contribution >= 4 is 10.8 Å². The number of hydrogen-bond acceptors (Lipinski definition) is 6. The van der Waals surface area contributed by atoms with E-state index in [0.717, 1.165) is 86.3 Å². The second-order valence-electron chi connectivity index (χ2n) is 9.86. The van der Waals surface area contributed by atoms with E-state index in [1.54, 1.807) is 21.3 Å². The van der Waals surface area contributed by atoms with Crippen LogP contribution in [0.25, 0.3) is 22.0 Å². The average molecular weight is 529 g/mol. The summed E-state index contributed by atoms with van der Waals surface area (Å²) < 4.78 is 25.7. The smallest absolute Gasteiger partial charge is 0.216 e. The minimum Gasteiger partial charge on any atom is -0.493 e. The highest BCUT2D eigenvalue weighted by Crippen LogP contribution is 2.43. The number of nitrogens with zero attached hydrogens (tertiary/aromatic N) is 3. The summed E-state index contributed by atoms with van der Waals surface area (Å²) in [7, 11) is 5.04. The van der Waals surface area contributed by atoms with Crippen molar-refractivity contribution < 1.29 is 23.5 Å². The number of hydrogen-bond donors (Lipinski definition) is 0. The monoisotopic (exact) mass is 528 g/mol. The van der Waals surface area contributed by atoms with Gasteiger partial charge in [0.2, 0.25) is 5.69 Å². The molecular weight excluding hydrogens is 490 g/mol. The van der Waals surface area contributed by atoms with Gasteiger partial charge >= 0.3 is 0 Å². The van der Waals surface area contributed by atoms with E-state index in [1.165, 1.54) is 27.8 Å². The summed E-state index contributed by atoms with van der Waals surface area (Å²) in [5, 5.41) is 19.9. The molecule has 2 aromatic carbocycles. The third-order valence-electron chi connectivity index (χ3n) is 7.44. The van der Waals surface area contributed by atoms with E-state index in [1.807, 2.05) is 6.07 Å². The highest BCUT2D eigenvalue weighted by Gasteiger charge is 2.31. The Bertz CT molecular complexity index is 1390. The van der Waals surface area contributed by atoms with Crippen LogP contribution in [0.4, 0.5) is 0 Å². The molecule has 2 heterocycles. The van der Waals surface area contributed by atoms with Crippen LogP contribution in [-0.4, -0.2) is 27.9 Å². The van der Waals surface area contributed by atoms with Crippen molar-refractivity contribution in [3.05, 3.63) is 41.6 Å². The molecule has 0 atom stereocenters. The number of pyridine rings is 1. The number of fused-ring (bicyclic) bond motifs is 4. The Morgan fingerprint density at radius 2 is 1.54 bits per heavy atom. The molecule has 0 fully saturated rings. The number of benzene rings is 2. The molecule has 0 amide bonds. The lowest BCUT2D eigenvalue weighted by molar-refractivity contribution is -0.686. The number of methoxy groups -OCH3 is 3. The third kappa shape index (κ3) is 6.20. The van der Waals surface area contributed by atoms with Gasteiger partial charge in [0.15, 0.2) is 35.7 Å². The van der Waals surface area contributed by atoms with E-state index in [0.29, 0.717) is 19.4 Å². The normalized spacial score (nSPS) is 11.7. The first-order chi connectivity index (χ1) is 19.2. The van der Waals surface area contributed by atoms with E-state index in [9.17, 15) is 0 Å². The second-order valence-corrected chi connectivity index (χ2v) is 9.86. The fraction of sp³-hybridized carbons (Fsp3) is 0.469. The van der Waals surface area contributed by atoms with Crippen LogP contribution in [0.1, 0.15) is 62.5 Å². The van der Waals surface area contributed by atoms with Gasteiger partial charge in [-0.2, -0.15) is 15.1 Å². The lowest BCUT2D eigenvalue weighted by Crippen LogP contribution is -2.41. The van der Waals surface area contributed by atoms with Gasteiger partial charge in [0.25, 0.3) is 0 Å². The lowest BCUT2D eigenvalue weighted by atomic mass is 9.89. The van der Waals surface area contributed by atoms with Gasteiger partial charge in [0.05, 0.1) is 51.0 Å². The molecule has 0 saturated heterocycles. The molecule has 7 nitrogen and oxygen atoms in total. The number of nitriles is 2. The number of aryl methyl sites for hydroxylation is 3. The first kappa shape index (κ1) is 28.0. The molecular formula is C32H38N3O4+. The van der Waals surface area contributed by atoms with Gasteiger partial charge in [-0.3, -0.25) is 0 Å². The van der Waals surface area contributed by atoms with Crippen LogP contribution < -0.4 is 23.5 Å². The van der Waals surface area contributed by atoms with Gasteiger partial charge in [0.1, 0.15) is 0 Å². The van der Waals surface area contributed by atoms with E-state index in [4.69, 9.17) is 29.5 Å². The molecule has 7 heteroatoms. The first-order valence-electron chi connectivity index (χ1n) is 13.8. The van der Waals surface area contributed by atoms with Crippen LogP contribution >= 0.6 is 0 Å². The largest absolute Gasteiger partial charge is 0.493 e. The van der Waals surface area contributed by atoms with Crippen molar-refractivity contribution in [1.29, 1.82) is 10.5 Å². The molecule has 4 rings (SSSR count). The molecule has 204 valence electrons. The molecule has 0 saturated carbocycles. The molecule has 1 aliphatic rings. The molecule has 0 aliphatic carbocycles. The Morgan fingerprint density at radius 3 is 2.26 bits per heavy atom. The Hall–Kier alpha value is -3.97. The summed E-state index contributed by atoms with van der Waals surface area (Å²) >= 11 is 0. The van der Waals surface area contributed by atoms with Crippen LogP contribution in [0.15, 0.2) is 30.5 Å². The summed E-state index contributed by atoms with van der Waals surface area (Å²) in [5.41, 5.74) is 4.93. The van der Waals surface area contributed by atoms with Gasteiger partial charge in [-0.05, 0) is 61.9 Å². The molecule has 0 N–H and O–H groups in total. The van der Waals surface area contributed by atoms with E-state index >= 15 is 0 Å². The summed E-state index contributed by atoms with van der Waals surface area (Å²) in [4.78, 5) is 0. The maximum atomic E-state index is 8.88. The maximum absolute atomic E-state index is 8.88. The van der Waals surface area contributed by atoms with Crippen molar-refractivity contribution in [3.8, 4) is 46.4 Å². The fourth-order valence-corrected chi connectivity index (χ4v) is 5.50.